The summed E-state index contributed by atoms with van der Waals surface area (Å²) in [4.78, 5) is 12.2. The Morgan fingerprint density at radius 2 is 2.11 bits per heavy atom. The molecule has 1 aliphatic heterocycles. The highest BCUT2D eigenvalue weighted by Gasteiger charge is 2.31. The normalized spacial score (nSPS) is 20.2. The number of carbonyl (C=O) groups is 1. The van der Waals surface area contributed by atoms with Crippen molar-refractivity contribution in [2.75, 3.05) is 13.2 Å². The Hall–Kier alpha value is -1.06. The van der Waals surface area contributed by atoms with Gasteiger partial charge in [-0.15, -0.1) is 12.4 Å². The van der Waals surface area contributed by atoms with Crippen molar-refractivity contribution in [3.63, 3.8) is 0 Å². The molecule has 106 valence electrons. The van der Waals surface area contributed by atoms with Crippen LogP contribution in [0.4, 0.5) is 0 Å². The van der Waals surface area contributed by atoms with Gasteiger partial charge in [-0.05, 0) is 31.9 Å². The summed E-state index contributed by atoms with van der Waals surface area (Å²) in [5.74, 6) is -0.283. The number of carbonyl (C=O) groups excluding carboxylic acids is 1. The first-order chi connectivity index (χ1) is 8.83. The quantitative estimate of drug-likeness (QED) is 0.864. The summed E-state index contributed by atoms with van der Waals surface area (Å²) in [7, 11) is 0. The van der Waals surface area contributed by atoms with Crippen LogP contribution in [-0.2, 0) is 9.53 Å². The fraction of sp³-hybridized carbons (Fsp3) is 0.533. The van der Waals surface area contributed by atoms with Crippen molar-refractivity contribution in [2.24, 2.45) is 0 Å². The zero-order chi connectivity index (χ0) is 12.8. The Balaban J connectivity index is 0.00000180. The molecular weight excluding hydrogens is 262 g/mol. The molecule has 2 atom stereocenters. The molecular formula is C15H22ClNO2. The summed E-state index contributed by atoms with van der Waals surface area (Å²) < 4.78 is 5.23. The van der Waals surface area contributed by atoms with Crippen LogP contribution in [0.25, 0.3) is 0 Å². The molecule has 0 unspecified atom stereocenters. The van der Waals surface area contributed by atoms with E-state index >= 15 is 0 Å². The fourth-order valence-electron chi connectivity index (χ4n) is 2.59. The molecule has 19 heavy (non-hydrogen) atoms. The van der Waals surface area contributed by atoms with Gasteiger partial charge < -0.3 is 10.1 Å². The molecule has 0 radical (unpaired) electrons. The molecule has 0 bridgehead atoms. The van der Waals surface area contributed by atoms with Crippen molar-refractivity contribution in [1.82, 2.24) is 5.32 Å². The molecule has 3 nitrogen and oxygen atoms in total. The van der Waals surface area contributed by atoms with Gasteiger partial charge in [0.25, 0.3) is 0 Å². The minimum absolute atomic E-state index is 0. The number of benzene rings is 1. The van der Waals surface area contributed by atoms with E-state index in [1.165, 1.54) is 12.8 Å². The number of esters is 1. The number of piperidine rings is 1. The van der Waals surface area contributed by atoms with E-state index < -0.39 is 0 Å². The lowest BCUT2D eigenvalue weighted by Crippen LogP contribution is -2.42. The van der Waals surface area contributed by atoms with Crippen molar-refractivity contribution in [1.29, 1.82) is 0 Å². The van der Waals surface area contributed by atoms with Crippen molar-refractivity contribution >= 4 is 18.4 Å². The molecule has 0 amide bonds. The van der Waals surface area contributed by atoms with Crippen LogP contribution in [0.1, 0.15) is 37.7 Å². The van der Waals surface area contributed by atoms with E-state index in [0.29, 0.717) is 6.61 Å². The van der Waals surface area contributed by atoms with Gasteiger partial charge in [-0.3, -0.25) is 4.79 Å². The van der Waals surface area contributed by atoms with Gasteiger partial charge in [0.2, 0.25) is 0 Å². The summed E-state index contributed by atoms with van der Waals surface area (Å²) in [6, 6.07) is 10.2. The van der Waals surface area contributed by atoms with Gasteiger partial charge in [0.15, 0.2) is 0 Å². The number of halogens is 1. The van der Waals surface area contributed by atoms with E-state index in [1.54, 1.807) is 0 Å². The lowest BCUT2D eigenvalue weighted by Gasteiger charge is -2.30. The number of rotatable bonds is 4. The van der Waals surface area contributed by atoms with Crippen LogP contribution >= 0.6 is 12.4 Å². The minimum Gasteiger partial charge on any atom is -0.465 e. The molecule has 2 rings (SSSR count). The summed E-state index contributed by atoms with van der Waals surface area (Å²) >= 11 is 0. The molecule has 1 aromatic carbocycles. The van der Waals surface area contributed by atoms with Crippen LogP contribution in [0, 0.1) is 0 Å². The first-order valence-corrected chi connectivity index (χ1v) is 6.78. The maximum atomic E-state index is 12.2. The first kappa shape index (κ1) is 16.0. The lowest BCUT2D eigenvalue weighted by atomic mass is 9.86. The summed E-state index contributed by atoms with van der Waals surface area (Å²) in [6.07, 6.45) is 3.42. The standard InChI is InChI=1S/C15H21NO2.ClH/c1-2-18-15(17)14(12-8-4-3-5-9-12)13-10-6-7-11-16-13;/h3-5,8-9,13-14,16H,2,6-7,10-11H2,1H3;1H/t13-,14+;/m0./s1. The second-order valence-corrected chi connectivity index (χ2v) is 4.70. The molecule has 1 saturated heterocycles. The molecule has 0 aromatic heterocycles. The van der Waals surface area contributed by atoms with Crippen LogP contribution in [0.15, 0.2) is 30.3 Å². The van der Waals surface area contributed by atoms with Crippen LogP contribution in [0.2, 0.25) is 0 Å². The van der Waals surface area contributed by atoms with E-state index in [9.17, 15) is 4.79 Å². The monoisotopic (exact) mass is 283 g/mol. The summed E-state index contributed by atoms with van der Waals surface area (Å²) in [5, 5.41) is 3.46. The zero-order valence-corrected chi connectivity index (χ0v) is 12.1. The van der Waals surface area contributed by atoms with E-state index in [4.69, 9.17) is 4.74 Å². The average Bonchev–Trinajstić information content (AvgIpc) is 2.42. The zero-order valence-electron chi connectivity index (χ0n) is 11.3. The van der Waals surface area contributed by atoms with E-state index in [1.807, 2.05) is 37.3 Å². The van der Waals surface area contributed by atoms with E-state index in [0.717, 1.165) is 18.5 Å². The maximum Gasteiger partial charge on any atom is 0.315 e. The highest BCUT2D eigenvalue weighted by Crippen LogP contribution is 2.26. The summed E-state index contributed by atoms with van der Waals surface area (Å²) in [5.41, 5.74) is 1.05. The Bertz CT molecular complexity index is 377. The van der Waals surface area contributed by atoms with Gasteiger partial charge in [0.05, 0.1) is 12.5 Å². The third-order valence-electron chi connectivity index (χ3n) is 3.45. The predicted octanol–water partition coefficient (Wildman–Crippen LogP) is 2.90. The SMILES string of the molecule is CCOC(=O)[C@H](c1ccccc1)[C@@H]1CCCCN1.Cl. The Morgan fingerprint density at radius 3 is 2.68 bits per heavy atom. The molecule has 0 saturated carbocycles. The van der Waals surface area contributed by atoms with Crippen molar-refractivity contribution in [3.8, 4) is 0 Å². The van der Waals surface area contributed by atoms with Crippen molar-refractivity contribution in [3.05, 3.63) is 35.9 Å². The van der Waals surface area contributed by atoms with E-state index in [2.05, 4.69) is 5.32 Å². The molecule has 1 aromatic rings. The van der Waals surface area contributed by atoms with Crippen LogP contribution < -0.4 is 5.32 Å². The largest absolute Gasteiger partial charge is 0.465 e. The Labute approximate surface area is 121 Å². The maximum absolute atomic E-state index is 12.2. The third-order valence-corrected chi connectivity index (χ3v) is 3.45. The highest BCUT2D eigenvalue weighted by atomic mass is 35.5. The average molecular weight is 284 g/mol. The van der Waals surface area contributed by atoms with Gasteiger partial charge >= 0.3 is 5.97 Å². The highest BCUT2D eigenvalue weighted by molar-refractivity contribution is 5.85. The molecule has 1 aliphatic rings. The number of nitrogens with one attached hydrogen (secondary N) is 1. The first-order valence-electron chi connectivity index (χ1n) is 6.78. The molecule has 1 N–H and O–H groups in total. The number of hydrogen-bond donors (Lipinski definition) is 1. The molecule has 0 aliphatic carbocycles. The second kappa shape index (κ2) is 8.18. The number of ether oxygens (including phenoxy) is 1. The van der Waals surface area contributed by atoms with Crippen LogP contribution in [0.3, 0.4) is 0 Å². The van der Waals surface area contributed by atoms with Gasteiger partial charge in [-0.2, -0.15) is 0 Å². The summed E-state index contributed by atoms with van der Waals surface area (Å²) in [6.45, 7) is 3.29. The predicted molar refractivity (Wildman–Crippen MR) is 78.7 cm³/mol. The Kier molecular flexibility index (Phi) is 6.89. The molecule has 1 heterocycles. The topological polar surface area (TPSA) is 38.3 Å². The molecule has 1 fully saturated rings. The van der Waals surface area contributed by atoms with Gasteiger partial charge in [-0.1, -0.05) is 36.8 Å². The van der Waals surface area contributed by atoms with Crippen LogP contribution in [-0.4, -0.2) is 25.2 Å². The fourth-order valence-corrected chi connectivity index (χ4v) is 2.59. The van der Waals surface area contributed by atoms with Gasteiger partial charge in [-0.25, -0.2) is 0 Å². The molecule has 0 spiro atoms. The van der Waals surface area contributed by atoms with Gasteiger partial charge in [0, 0.05) is 6.04 Å². The van der Waals surface area contributed by atoms with Crippen LogP contribution in [0.5, 0.6) is 0 Å². The van der Waals surface area contributed by atoms with E-state index in [-0.39, 0.29) is 30.3 Å². The molecule has 4 heteroatoms. The second-order valence-electron chi connectivity index (χ2n) is 4.70. The van der Waals surface area contributed by atoms with Crippen molar-refractivity contribution in [2.45, 2.75) is 38.1 Å². The smallest absolute Gasteiger partial charge is 0.315 e. The third kappa shape index (κ3) is 4.22. The van der Waals surface area contributed by atoms with Gasteiger partial charge in [0.1, 0.15) is 0 Å². The minimum atomic E-state index is -0.175. The number of hydrogen-bond acceptors (Lipinski definition) is 3. The lowest BCUT2D eigenvalue weighted by molar-refractivity contribution is -0.145. The van der Waals surface area contributed by atoms with Crippen molar-refractivity contribution < 1.29 is 9.53 Å². The Morgan fingerprint density at radius 1 is 1.37 bits per heavy atom.